The molecule has 1 amide bonds. The van der Waals surface area contributed by atoms with Crippen molar-refractivity contribution in [2.24, 2.45) is 0 Å². The molecule has 0 aliphatic rings. The van der Waals surface area contributed by atoms with E-state index in [1.165, 1.54) is 25.3 Å². The Morgan fingerprint density at radius 2 is 1.88 bits per heavy atom. The van der Waals surface area contributed by atoms with Gasteiger partial charge in [0, 0.05) is 12.1 Å². The van der Waals surface area contributed by atoms with Gasteiger partial charge in [0.1, 0.15) is 30.3 Å². The van der Waals surface area contributed by atoms with Crippen molar-refractivity contribution in [2.45, 2.75) is 18.8 Å². The van der Waals surface area contributed by atoms with Crippen LogP contribution in [0.15, 0.2) is 48.5 Å². The number of methoxy groups -OCH3 is 1. The summed E-state index contributed by atoms with van der Waals surface area (Å²) in [4.78, 5) is 11.7. The second-order valence-corrected chi connectivity index (χ2v) is 5.38. The highest BCUT2D eigenvalue weighted by atomic mass is 16.5. The predicted molar refractivity (Wildman–Crippen MR) is 90.3 cm³/mol. The lowest BCUT2D eigenvalue weighted by atomic mass is 10.0. The molecule has 7 nitrogen and oxygen atoms in total. The van der Waals surface area contributed by atoms with Gasteiger partial charge in [-0.25, -0.2) is 4.79 Å². The van der Waals surface area contributed by atoms with E-state index in [0.717, 1.165) is 5.56 Å². The number of amides is 1. The van der Waals surface area contributed by atoms with Crippen LogP contribution in [-0.4, -0.2) is 41.2 Å². The van der Waals surface area contributed by atoms with Crippen LogP contribution in [0.25, 0.3) is 0 Å². The average Bonchev–Trinajstić information content (AvgIpc) is 2.64. The van der Waals surface area contributed by atoms with Gasteiger partial charge in [0.15, 0.2) is 0 Å². The Morgan fingerprint density at radius 1 is 1.16 bits per heavy atom. The number of phenols is 1. The van der Waals surface area contributed by atoms with Crippen LogP contribution in [0.2, 0.25) is 0 Å². The van der Waals surface area contributed by atoms with Crippen molar-refractivity contribution in [3.63, 3.8) is 0 Å². The zero-order valence-corrected chi connectivity index (χ0v) is 13.8. The molecule has 4 N–H and O–H groups in total. The maximum atomic E-state index is 11.7. The van der Waals surface area contributed by atoms with Crippen LogP contribution in [0.1, 0.15) is 17.2 Å². The Kier molecular flexibility index (Phi) is 6.62. The molecule has 0 saturated heterocycles. The van der Waals surface area contributed by atoms with E-state index in [1.54, 1.807) is 0 Å². The van der Waals surface area contributed by atoms with Gasteiger partial charge in [-0.3, -0.25) is 0 Å². The van der Waals surface area contributed by atoms with Crippen LogP contribution in [0.5, 0.6) is 11.5 Å². The van der Waals surface area contributed by atoms with Gasteiger partial charge in [0.05, 0.1) is 7.11 Å². The van der Waals surface area contributed by atoms with Gasteiger partial charge in [-0.05, 0) is 23.8 Å². The van der Waals surface area contributed by atoms with Crippen LogP contribution in [-0.2, 0) is 11.3 Å². The maximum absolute atomic E-state index is 11.7. The molecular weight excluding hydrogens is 326 g/mol. The number of aliphatic hydroxyl groups excluding tert-OH is 2. The Balaban J connectivity index is 1.86. The second kappa shape index (κ2) is 8.91. The molecule has 0 spiro atoms. The number of ether oxygens (including phenoxy) is 2. The Hall–Kier alpha value is -2.77. The van der Waals surface area contributed by atoms with Gasteiger partial charge in [-0.15, -0.1) is 0 Å². The third kappa shape index (κ3) is 5.37. The Labute approximate surface area is 145 Å². The summed E-state index contributed by atoms with van der Waals surface area (Å²) in [5.74, 6) is 0.244. The van der Waals surface area contributed by atoms with Crippen LogP contribution < -0.4 is 10.1 Å². The summed E-state index contributed by atoms with van der Waals surface area (Å²) >= 11 is 0. The molecule has 0 aliphatic carbocycles. The number of carbonyl (C=O) groups is 1. The van der Waals surface area contributed by atoms with Crippen molar-refractivity contribution < 1.29 is 29.6 Å². The van der Waals surface area contributed by atoms with E-state index in [9.17, 15) is 20.1 Å². The number of hydrogen-bond acceptors (Lipinski definition) is 6. The van der Waals surface area contributed by atoms with Gasteiger partial charge in [0.2, 0.25) is 0 Å². The first-order valence-electron chi connectivity index (χ1n) is 7.69. The van der Waals surface area contributed by atoms with E-state index in [4.69, 9.17) is 9.47 Å². The largest absolute Gasteiger partial charge is 0.508 e. The van der Waals surface area contributed by atoms with E-state index >= 15 is 0 Å². The first-order chi connectivity index (χ1) is 12.0. The summed E-state index contributed by atoms with van der Waals surface area (Å²) in [5, 5.41) is 32.2. The highest BCUT2D eigenvalue weighted by molar-refractivity contribution is 5.67. The molecule has 2 unspecified atom stereocenters. The lowest BCUT2D eigenvalue weighted by Gasteiger charge is -2.20. The molecule has 0 radical (unpaired) electrons. The third-order valence-electron chi connectivity index (χ3n) is 3.56. The minimum atomic E-state index is -1.35. The number of alkyl carbamates (subject to hydrolysis) is 1. The first kappa shape index (κ1) is 18.6. The summed E-state index contributed by atoms with van der Waals surface area (Å²) < 4.78 is 10.1. The van der Waals surface area contributed by atoms with Crippen molar-refractivity contribution in [3.8, 4) is 11.5 Å². The van der Waals surface area contributed by atoms with Crippen molar-refractivity contribution in [1.29, 1.82) is 0 Å². The van der Waals surface area contributed by atoms with E-state index in [0.29, 0.717) is 5.75 Å². The van der Waals surface area contributed by atoms with Crippen molar-refractivity contribution >= 4 is 6.09 Å². The molecule has 134 valence electrons. The van der Waals surface area contributed by atoms with Gasteiger partial charge in [0.25, 0.3) is 0 Å². The zero-order valence-electron chi connectivity index (χ0n) is 13.8. The minimum Gasteiger partial charge on any atom is -0.508 e. The number of hydrogen-bond donors (Lipinski definition) is 4. The molecule has 0 saturated carbocycles. The molecular formula is C18H21NO6. The van der Waals surface area contributed by atoms with E-state index in [-0.39, 0.29) is 24.5 Å². The zero-order chi connectivity index (χ0) is 18.2. The number of aliphatic hydroxyl groups is 2. The summed E-state index contributed by atoms with van der Waals surface area (Å²) in [6.07, 6.45) is -3.37. The van der Waals surface area contributed by atoms with Crippen molar-refractivity contribution in [3.05, 3.63) is 59.7 Å². The monoisotopic (exact) mass is 347 g/mol. The molecule has 0 aliphatic heterocycles. The molecule has 7 heteroatoms. The fraction of sp³-hybridized carbons (Fsp3) is 0.278. The normalized spacial score (nSPS) is 12.9. The molecule has 2 aromatic rings. The summed E-state index contributed by atoms with van der Waals surface area (Å²) in [6.45, 7) is -0.126. The standard InChI is InChI=1S/C18H21NO6/c1-24-16-8-7-13(20)9-14(16)17(22)15(21)10-19-18(23)25-11-12-5-3-2-4-6-12/h2-9,15,17,20-22H,10-11H2,1H3,(H,19,23). The highest BCUT2D eigenvalue weighted by Crippen LogP contribution is 2.30. The fourth-order valence-electron chi connectivity index (χ4n) is 2.23. The molecule has 2 atom stereocenters. The average molecular weight is 347 g/mol. The van der Waals surface area contributed by atoms with E-state index in [2.05, 4.69) is 5.32 Å². The fourth-order valence-corrected chi connectivity index (χ4v) is 2.23. The van der Waals surface area contributed by atoms with Crippen LogP contribution in [0, 0.1) is 0 Å². The van der Waals surface area contributed by atoms with Gasteiger partial charge in [-0.1, -0.05) is 30.3 Å². The Morgan fingerprint density at radius 3 is 2.56 bits per heavy atom. The Bertz CT molecular complexity index is 691. The summed E-state index contributed by atoms with van der Waals surface area (Å²) in [5.41, 5.74) is 1.05. The smallest absolute Gasteiger partial charge is 0.407 e. The molecule has 2 rings (SSSR count). The third-order valence-corrected chi connectivity index (χ3v) is 3.56. The number of carbonyl (C=O) groups excluding carboxylic acids is 1. The molecule has 25 heavy (non-hydrogen) atoms. The quantitative estimate of drug-likeness (QED) is 0.607. The summed E-state index contributed by atoms with van der Waals surface area (Å²) in [7, 11) is 1.41. The maximum Gasteiger partial charge on any atom is 0.407 e. The summed E-state index contributed by atoms with van der Waals surface area (Å²) in [6, 6.07) is 13.3. The van der Waals surface area contributed by atoms with Crippen molar-refractivity contribution in [1.82, 2.24) is 5.32 Å². The van der Waals surface area contributed by atoms with E-state index in [1.807, 2.05) is 30.3 Å². The first-order valence-corrected chi connectivity index (χ1v) is 7.69. The predicted octanol–water partition coefficient (Wildman–Crippen LogP) is 1.72. The molecule has 0 fully saturated rings. The lowest BCUT2D eigenvalue weighted by Crippen LogP contribution is -2.35. The number of rotatable bonds is 7. The minimum absolute atomic E-state index is 0.0720. The molecule has 2 aromatic carbocycles. The van der Waals surface area contributed by atoms with E-state index < -0.39 is 18.3 Å². The SMILES string of the molecule is COc1ccc(O)cc1C(O)C(O)CNC(=O)OCc1ccccc1. The second-order valence-electron chi connectivity index (χ2n) is 5.38. The number of nitrogens with one attached hydrogen (secondary N) is 1. The van der Waals surface area contributed by atoms with Crippen LogP contribution >= 0.6 is 0 Å². The molecule has 0 heterocycles. The van der Waals surface area contributed by atoms with Crippen LogP contribution in [0.3, 0.4) is 0 Å². The highest BCUT2D eigenvalue weighted by Gasteiger charge is 2.23. The van der Waals surface area contributed by atoms with Crippen LogP contribution in [0.4, 0.5) is 4.79 Å². The van der Waals surface area contributed by atoms with Gasteiger partial charge >= 0.3 is 6.09 Å². The van der Waals surface area contributed by atoms with Crippen molar-refractivity contribution in [2.75, 3.05) is 13.7 Å². The van der Waals surface area contributed by atoms with Gasteiger partial charge in [-0.2, -0.15) is 0 Å². The molecule has 0 aromatic heterocycles. The lowest BCUT2D eigenvalue weighted by molar-refractivity contribution is 0.0170. The topological polar surface area (TPSA) is 108 Å². The van der Waals surface area contributed by atoms with Gasteiger partial charge < -0.3 is 30.1 Å². The number of benzene rings is 2. The number of aromatic hydroxyl groups is 1. The number of phenolic OH excluding ortho intramolecular Hbond substituents is 1. The molecule has 0 bridgehead atoms.